The molecule has 2 aromatic carbocycles. The van der Waals surface area contributed by atoms with E-state index in [1.807, 2.05) is 97.9 Å². The molecule has 0 saturated carbocycles. The van der Waals surface area contributed by atoms with Crippen LogP contribution in [-0.4, -0.2) is 67.8 Å². The van der Waals surface area contributed by atoms with Crippen molar-refractivity contribution in [2.45, 2.75) is 46.4 Å². The minimum atomic E-state index is -0.381. The summed E-state index contributed by atoms with van der Waals surface area (Å²) < 4.78 is 5.62. The number of imidazole rings is 1. The Kier molecular flexibility index (Phi) is 9.51. The van der Waals surface area contributed by atoms with Crippen molar-refractivity contribution in [2.24, 2.45) is 17.0 Å². The van der Waals surface area contributed by atoms with Gasteiger partial charge in [0.2, 0.25) is 18.0 Å². The fourth-order valence-corrected chi connectivity index (χ4v) is 5.08. The molecule has 2 aromatic heterocycles. The molecular formula is C30H38N8O3. The third-order valence-corrected chi connectivity index (χ3v) is 6.97. The molecule has 0 spiro atoms. The lowest BCUT2D eigenvalue weighted by Gasteiger charge is -2.31. The Balaban J connectivity index is 1.65. The molecule has 0 radical (unpaired) electrons. The summed E-state index contributed by atoms with van der Waals surface area (Å²) in [5.74, 6) is 0.0842. The fourth-order valence-electron chi connectivity index (χ4n) is 5.08. The topological polar surface area (TPSA) is 113 Å². The minimum absolute atomic E-state index is 0.147. The van der Waals surface area contributed by atoms with Crippen LogP contribution in [0, 0.1) is 6.92 Å². The van der Waals surface area contributed by atoms with Gasteiger partial charge in [-0.15, -0.1) is 0 Å². The summed E-state index contributed by atoms with van der Waals surface area (Å²) in [6, 6.07) is 17.3. The number of aryl methyl sites for hydroxylation is 4. The van der Waals surface area contributed by atoms with Crippen LogP contribution in [-0.2, 0) is 31.5 Å². The van der Waals surface area contributed by atoms with Gasteiger partial charge in [-0.05, 0) is 51.0 Å². The van der Waals surface area contributed by atoms with E-state index in [0.29, 0.717) is 43.3 Å². The number of benzene rings is 2. The molecular weight excluding hydrogens is 520 g/mol. The number of aliphatic imine (C=N–C) groups is 1. The number of hydrogen-bond donors (Lipinski definition) is 1. The van der Waals surface area contributed by atoms with E-state index in [1.54, 1.807) is 10.7 Å². The van der Waals surface area contributed by atoms with Gasteiger partial charge >= 0.3 is 0 Å². The first-order valence-electron chi connectivity index (χ1n) is 13.7. The number of aliphatic hydroxyl groups is 1. The normalized spacial score (nSPS) is 12.2. The third-order valence-electron chi connectivity index (χ3n) is 6.97. The predicted molar refractivity (Wildman–Crippen MR) is 160 cm³/mol. The second kappa shape index (κ2) is 13.2. The quantitative estimate of drug-likeness (QED) is 0.139. The Bertz CT molecular complexity index is 1630. The van der Waals surface area contributed by atoms with Crippen LogP contribution in [0.3, 0.4) is 0 Å². The standard InChI is InChI=1S/C30H38N8O3/c1-6-38-27(19-22(2)33-38)28(41)32-30(34(3)4)36(24-14-8-7-13-23(24)20-39)17-11-12-18-37-26-16-10-9-15-25(26)35(5)29(37)31-21-40/h7-10,13-16,19,21,39H,6,11-12,17-18,20H2,1-5H3/b31-29+,32-30+. The van der Waals surface area contributed by atoms with Crippen molar-refractivity contribution in [3.05, 3.63) is 77.2 Å². The molecule has 0 atom stereocenters. The average Bonchev–Trinajstić information content (AvgIpc) is 3.49. The van der Waals surface area contributed by atoms with Crippen LogP contribution in [0.15, 0.2) is 64.6 Å². The van der Waals surface area contributed by atoms with E-state index in [9.17, 15) is 14.7 Å². The highest BCUT2D eigenvalue weighted by atomic mass is 16.3. The van der Waals surface area contributed by atoms with E-state index < -0.39 is 0 Å². The molecule has 41 heavy (non-hydrogen) atoms. The summed E-state index contributed by atoms with van der Waals surface area (Å²) in [5, 5.41) is 14.5. The van der Waals surface area contributed by atoms with Gasteiger partial charge < -0.3 is 24.0 Å². The number of carbonyl (C=O) groups is 2. The minimum Gasteiger partial charge on any atom is -0.392 e. The van der Waals surface area contributed by atoms with Crippen LogP contribution in [0.5, 0.6) is 0 Å². The first-order chi connectivity index (χ1) is 19.8. The molecule has 0 aliphatic carbocycles. The van der Waals surface area contributed by atoms with Gasteiger partial charge in [-0.3, -0.25) is 14.3 Å². The number of guanidine groups is 1. The lowest BCUT2D eigenvalue weighted by atomic mass is 10.1. The number of para-hydroxylation sites is 3. The highest BCUT2D eigenvalue weighted by Gasteiger charge is 2.22. The number of aromatic nitrogens is 4. The zero-order chi connectivity index (χ0) is 29.5. The van der Waals surface area contributed by atoms with Gasteiger partial charge in [0.15, 0.2) is 0 Å². The zero-order valence-electron chi connectivity index (χ0n) is 24.4. The van der Waals surface area contributed by atoms with Gasteiger partial charge in [0, 0.05) is 52.0 Å². The molecule has 2 amide bonds. The molecule has 0 fully saturated rings. The van der Waals surface area contributed by atoms with Gasteiger partial charge in [-0.2, -0.15) is 15.1 Å². The third kappa shape index (κ3) is 6.30. The average molecular weight is 559 g/mol. The van der Waals surface area contributed by atoms with Gasteiger partial charge in [-0.25, -0.2) is 0 Å². The van der Waals surface area contributed by atoms with Crippen molar-refractivity contribution in [3.63, 3.8) is 0 Å². The molecule has 0 aliphatic heterocycles. The Labute approximate surface area is 239 Å². The number of nitrogens with zero attached hydrogens (tertiary/aromatic N) is 8. The first kappa shape index (κ1) is 29.5. The predicted octanol–water partition coefficient (Wildman–Crippen LogP) is 3.10. The van der Waals surface area contributed by atoms with Crippen LogP contribution >= 0.6 is 0 Å². The van der Waals surface area contributed by atoms with E-state index in [0.717, 1.165) is 40.8 Å². The van der Waals surface area contributed by atoms with Gasteiger partial charge in [0.05, 0.1) is 23.3 Å². The number of amides is 2. The molecule has 0 saturated heterocycles. The van der Waals surface area contributed by atoms with Gasteiger partial charge in [-0.1, -0.05) is 30.3 Å². The fraction of sp³-hybridized carbons (Fsp3) is 0.367. The smallest absolute Gasteiger partial charge is 0.298 e. The summed E-state index contributed by atoms with van der Waals surface area (Å²) >= 11 is 0. The van der Waals surface area contributed by atoms with E-state index in [1.165, 1.54) is 0 Å². The molecule has 11 nitrogen and oxygen atoms in total. The maximum Gasteiger partial charge on any atom is 0.298 e. The number of anilines is 1. The maximum absolute atomic E-state index is 13.4. The van der Waals surface area contributed by atoms with Crippen molar-refractivity contribution in [2.75, 3.05) is 25.5 Å². The largest absolute Gasteiger partial charge is 0.392 e. The van der Waals surface area contributed by atoms with Crippen molar-refractivity contribution in [1.82, 2.24) is 23.8 Å². The van der Waals surface area contributed by atoms with Crippen molar-refractivity contribution < 1.29 is 14.7 Å². The van der Waals surface area contributed by atoms with Gasteiger partial charge in [0.1, 0.15) is 5.69 Å². The number of rotatable bonds is 10. The number of aliphatic hydroxyl groups excluding tert-OH is 1. The number of fused-ring (bicyclic) bond motifs is 1. The summed E-state index contributed by atoms with van der Waals surface area (Å²) in [6.45, 7) is 5.38. The first-order valence-corrected chi connectivity index (χ1v) is 13.7. The molecule has 1 N–H and O–H groups in total. The van der Waals surface area contributed by atoms with Gasteiger partial charge in [0.25, 0.3) is 5.91 Å². The van der Waals surface area contributed by atoms with Crippen molar-refractivity contribution in [1.29, 1.82) is 0 Å². The molecule has 0 bridgehead atoms. The highest BCUT2D eigenvalue weighted by molar-refractivity contribution is 6.07. The summed E-state index contributed by atoms with van der Waals surface area (Å²) in [4.78, 5) is 37.1. The number of unbranched alkanes of at least 4 members (excludes halogenated alkanes) is 1. The monoisotopic (exact) mass is 558 g/mol. The van der Waals surface area contributed by atoms with Crippen molar-refractivity contribution in [3.8, 4) is 0 Å². The second-order valence-corrected chi connectivity index (χ2v) is 9.98. The van der Waals surface area contributed by atoms with E-state index in [2.05, 4.69) is 19.7 Å². The van der Waals surface area contributed by atoms with E-state index in [4.69, 9.17) is 0 Å². The van der Waals surface area contributed by atoms with E-state index >= 15 is 0 Å². The maximum atomic E-state index is 13.4. The summed E-state index contributed by atoms with van der Waals surface area (Å²) in [6.07, 6.45) is 2.08. The Hall–Kier alpha value is -4.51. The lowest BCUT2D eigenvalue weighted by Crippen LogP contribution is -2.42. The summed E-state index contributed by atoms with van der Waals surface area (Å²) in [5.41, 5.74) is 5.29. The Morgan fingerprint density at radius 3 is 2.46 bits per heavy atom. The van der Waals surface area contributed by atoms with Crippen LogP contribution in [0.25, 0.3) is 11.0 Å². The number of carbonyl (C=O) groups excluding carboxylic acids is 2. The SMILES string of the molecule is CCn1nc(C)cc1C(=O)/N=C(\N(C)C)N(CCCCn1/c(=N/C=O)n(C)c2ccccc21)c1ccccc1CO. The van der Waals surface area contributed by atoms with Crippen LogP contribution in [0.4, 0.5) is 5.69 Å². The highest BCUT2D eigenvalue weighted by Crippen LogP contribution is 2.23. The Morgan fingerprint density at radius 2 is 1.78 bits per heavy atom. The second-order valence-electron chi connectivity index (χ2n) is 9.98. The molecule has 2 heterocycles. The number of hydrogen-bond acceptors (Lipinski definition) is 4. The molecule has 11 heteroatoms. The molecule has 4 aromatic rings. The van der Waals surface area contributed by atoms with Crippen molar-refractivity contribution >= 4 is 35.0 Å². The summed E-state index contributed by atoms with van der Waals surface area (Å²) in [7, 11) is 5.60. The molecule has 0 aliphatic rings. The van der Waals surface area contributed by atoms with Crippen LogP contribution in [0.1, 0.15) is 41.5 Å². The van der Waals surface area contributed by atoms with E-state index in [-0.39, 0.29) is 12.5 Å². The Morgan fingerprint density at radius 1 is 1.07 bits per heavy atom. The molecule has 0 unspecified atom stereocenters. The van der Waals surface area contributed by atoms with Crippen LogP contribution < -0.4 is 10.5 Å². The lowest BCUT2D eigenvalue weighted by molar-refractivity contribution is -0.107. The molecule has 216 valence electrons. The zero-order valence-corrected chi connectivity index (χ0v) is 24.4. The molecule has 4 rings (SSSR count). The van der Waals surface area contributed by atoms with Crippen LogP contribution in [0.2, 0.25) is 0 Å².